The van der Waals surface area contributed by atoms with E-state index >= 15 is 0 Å². The molecule has 0 saturated heterocycles. The summed E-state index contributed by atoms with van der Waals surface area (Å²) in [6.07, 6.45) is 10.4. The van der Waals surface area contributed by atoms with Gasteiger partial charge in [-0.2, -0.15) is 0 Å². The van der Waals surface area contributed by atoms with E-state index in [1.165, 1.54) is 31.3 Å². The lowest BCUT2D eigenvalue weighted by molar-refractivity contribution is 0.0769. The highest BCUT2D eigenvalue weighted by Crippen LogP contribution is 2.42. The summed E-state index contributed by atoms with van der Waals surface area (Å²) in [6, 6.07) is 0. The van der Waals surface area contributed by atoms with Crippen molar-refractivity contribution in [2.24, 2.45) is 5.92 Å². The van der Waals surface area contributed by atoms with Crippen LogP contribution in [0, 0.1) is 5.92 Å². The number of hydrogen-bond donors (Lipinski definition) is 1. The van der Waals surface area contributed by atoms with E-state index in [1.807, 2.05) is 0 Å². The van der Waals surface area contributed by atoms with Gasteiger partial charge in [-0.25, -0.2) is 0 Å². The van der Waals surface area contributed by atoms with E-state index in [0.29, 0.717) is 5.92 Å². The van der Waals surface area contributed by atoms with Crippen LogP contribution in [0.4, 0.5) is 0 Å². The molecular weight excluding hydrogens is 160 g/mol. The molecule has 0 bridgehead atoms. The van der Waals surface area contributed by atoms with E-state index < -0.39 is 5.60 Å². The van der Waals surface area contributed by atoms with E-state index in [1.54, 1.807) is 0 Å². The van der Waals surface area contributed by atoms with Crippen molar-refractivity contribution in [3.63, 3.8) is 0 Å². The van der Waals surface area contributed by atoms with Gasteiger partial charge in [-0.3, -0.25) is 0 Å². The monoisotopic (exact) mass is 180 g/mol. The van der Waals surface area contributed by atoms with Crippen LogP contribution in [-0.2, 0) is 0 Å². The molecular formula is C12H20O. The largest absolute Gasteiger partial charge is 0.386 e. The summed E-state index contributed by atoms with van der Waals surface area (Å²) in [4.78, 5) is 0. The third kappa shape index (κ3) is 1.80. The first kappa shape index (κ1) is 9.26. The van der Waals surface area contributed by atoms with Crippen LogP contribution in [0.2, 0.25) is 0 Å². The van der Waals surface area contributed by atoms with Gasteiger partial charge in [0, 0.05) is 0 Å². The standard InChI is InChI=1S/C12H20O/c1-10-7-8-12(13,9-10)11-5-3-2-4-6-11/h5,10,13H,2-4,6-9H2,1H3. The molecule has 0 aromatic heterocycles. The normalized spacial score (nSPS) is 40.5. The average Bonchev–Trinajstić information content (AvgIpc) is 2.49. The summed E-state index contributed by atoms with van der Waals surface area (Å²) in [5.74, 6) is 0.716. The Morgan fingerprint density at radius 3 is 2.85 bits per heavy atom. The second-order valence-corrected chi connectivity index (χ2v) is 4.85. The number of allylic oxidation sites excluding steroid dienone is 1. The molecule has 0 heterocycles. The molecule has 2 atom stereocenters. The second kappa shape index (κ2) is 3.45. The molecule has 2 aliphatic carbocycles. The van der Waals surface area contributed by atoms with Crippen molar-refractivity contribution in [3.8, 4) is 0 Å². The summed E-state index contributed by atoms with van der Waals surface area (Å²) < 4.78 is 0. The molecule has 2 unspecified atom stereocenters. The minimum Gasteiger partial charge on any atom is -0.386 e. The Balaban J connectivity index is 2.10. The van der Waals surface area contributed by atoms with Crippen molar-refractivity contribution < 1.29 is 5.11 Å². The van der Waals surface area contributed by atoms with Gasteiger partial charge in [-0.15, -0.1) is 0 Å². The van der Waals surface area contributed by atoms with Crippen LogP contribution >= 0.6 is 0 Å². The zero-order valence-corrected chi connectivity index (χ0v) is 8.55. The zero-order valence-electron chi connectivity index (χ0n) is 8.55. The van der Waals surface area contributed by atoms with Crippen LogP contribution in [-0.4, -0.2) is 10.7 Å². The molecule has 0 aromatic rings. The predicted octanol–water partition coefficient (Wildman–Crippen LogP) is 3.04. The van der Waals surface area contributed by atoms with E-state index in [4.69, 9.17) is 0 Å². The molecule has 0 aliphatic heterocycles. The van der Waals surface area contributed by atoms with Crippen molar-refractivity contribution in [3.05, 3.63) is 11.6 Å². The molecule has 0 aromatic carbocycles. The first-order valence-corrected chi connectivity index (χ1v) is 5.63. The Hall–Kier alpha value is -0.300. The molecule has 2 aliphatic rings. The van der Waals surface area contributed by atoms with Gasteiger partial charge in [0.2, 0.25) is 0 Å². The van der Waals surface area contributed by atoms with Crippen molar-refractivity contribution in [1.29, 1.82) is 0 Å². The molecule has 13 heavy (non-hydrogen) atoms. The van der Waals surface area contributed by atoms with Gasteiger partial charge in [-0.05, 0) is 56.4 Å². The Kier molecular flexibility index (Phi) is 2.46. The molecule has 1 N–H and O–H groups in total. The topological polar surface area (TPSA) is 20.2 Å². The van der Waals surface area contributed by atoms with Gasteiger partial charge in [-0.1, -0.05) is 13.0 Å². The van der Waals surface area contributed by atoms with E-state index in [2.05, 4.69) is 13.0 Å². The molecule has 74 valence electrons. The quantitative estimate of drug-likeness (QED) is 0.615. The van der Waals surface area contributed by atoms with Gasteiger partial charge >= 0.3 is 0 Å². The first-order valence-electron chi connectivity index (χ1n) is 5.63. The van der Waals surface area contributed by atoms with Gasteiger partial charge in [0.15, 0.2) is 0 Å². The molecule has 1 heteroatoms. The lowest BCUT2D eigenvalue weighted by Gasteiger charge is -2.28. The Morgan fingerprint density at radius 2 is 2.31 bits per heavy atom. The lowest BCUT2D eigenvalue weighted by Crippen LogP contribution is -2.28. The maximum Gasteiger partial charge on any atom is 0.0859 e. The average molecular weight is 180 g/mol. The van der Waals surface area contributed by atoms with Gasteiger partial charge < -0.3 is 5.11 Å². The summed E-state index contributed by atoms with van der Waals surface area (Å²) in [7, 11) is 0. The van der Waals surface area contributed by atoms with Crippen molar-refractivity contribution >= 4 is 0 Å². The lowest BCUT2D eigenvalue weighted by atomic mass is 9.84. The molecule has 0 spiro atoms. The van der Waals surface area contributed by atoms with Gasteiger partial charge in [0.25, 0.3) is 0 Å². The Labute approximate surface area is 80.8 Å². The highest BCUT2D eigenvalue weighted by Gasteiger charge is 2.38. The number of rotatable bonds is 1. The summed E-state index contributed by atoms with van der Waals surface area (Å²) in [5, 5.41) is 10.4. The molecule has 2 rings (SSSR count). The summed E-state index contributed by atoms with van der Waals surface area (Å²) >= 11 is 0. The number of aliphatic hydroxyl groups is 1. The van der Waals surface area contributed by atoms with Crippen LogP contribution in [0.5, 0.6) is 0 Å². The Bertz CT molecular complexity index is 219. The SMILES string of the molecule is CC1CCC(O)(C2=CCCCC2)C1. The predicted molar refractivity (Wildman–Crippen MR) is 54.5 cm³/mol. The molecule has 1 saturated carbocycles. The van der Waals surface area contributed by atoms with Crippen LogP contribution in [0.3, 0.4) is 0 Å². The first-order chi connectivity index (χ1) is 6.21. The minimum atomic E-state index is -0.403. The van der Waals surface area contributed by atoms with Crippen LogP contribution in [0.15, 0.2) is 11.6 Å². The number of hydrogen-bond acceptors (Lipinski definition) is 1. The second-order valence-electron chi connectivity index (χ2n) is 4.85. The maximum absolute atomic E-state index is 10.4. The smallest absolute Gasteiger partial charge is 0.0859 e. The minimum absolute atomic E-state index is 0.403. The molecule has 1 fully saturated rings. The fraction of sp³-hybridized carbons (Fsp3) is 0.833. The van der Waals surface area contributed by atoms with E-state index in [-0.39, 0.29) is 0 Å². The molecule has 0 amide bonds. The molecule has 0 radical (unpaired) electrons. The fourth-order valence-electron chi connectivity index (χ4n) is 2.82. The van der Waals surface area contributed by atoms with E-state index in [9.17, 15) is 5.11 Å². The summed E-state index contributed by atoms with van der Waals surface area (Å²) in [5.41, 5.74) is 0.947. The summed E-state index contributed by atoms with van der Waals surface area (Å²) in [6.45, 7) is 2.25. The van der Waals surface area contributed by atoms with Crippen LogP contribution in [0.25, 0.3) is 0 Å². The van der Waals surface area contributed by atoms with Gasteiger partial charge in [0.05, 0.1) is 5.60 Å². The highest BCUT2D eigenvalue weighted by atomic mass is 16.3. The van der Waals surface area contributed by atoms with Crippen LogP contribution < -0.4 is 0 Å². The Morgan fingerprint density at radius 1 is 1.46 bits per heavy atom. The van der Waals surface area contributed by atoms with Crippen molar-refractivity contribution in [2.75, 3.05) is 0 Å². The third-order valence-electron chi connectivity index (χ3n) is 3.63. The highest BCUT2D eigenvalue weighted by molar-refractivity contribution is 5.20. The zero-order chi connectivity index (χ0) is 9.31. The van der Waals surface area contributed by atoms with Crippen molar-refractivity contribution in [1.82, 2.24) is 0 Å². The molecule has 1 nitrogen and oxygen atoms in total. The van der Waals surface area contributed by atoms with Crippen LogP contribution in [0.1, 0.15) is 51.9 Å². The third-order valence-corrected chi connectivity index (χ3v) is 3.63. The van der Waals surface area contributed by atoms with E-state index in [0.717, 1.165) is 19.3 Å². The van der Waals surface area contributed by atoms with Crippen molar-refractivity contribution in [2.45, 2.75) is 57.5 Å². The fourth-order valence-corrected chi connectivity index (χ4v) is 2.82. The van der Waals surface area contributed by atoms with Gasteiger partial charge in [0.1, 0.15) is 0 Å². The maximum atomic E-state index is 10.4.